The van der Waals surface area contributed by atoms with Gasteiger partial charge in [0.05, 0.1) is 28.3 Å². The summed E-state index contributed by atoms with van der Waals surface area (Å²) in [6, 6.07) is 10.5. The van der Waals surface area contributed by atoms with Crippen molar-refractivity contribution in [3.05, 3.63) is 73.8 Å². The van der Waals surface area contributed by atoms with Crippen molar-refractivity contribution >= 4 is 46.9 Å². The molecule has 8 nitrogen and oxygen atoms in total. The third-order valence-corrected chi connectivity index (χ3v) is 3.75. The third kappa shape index (κ3) is 5.27. The predicted octanol–water partition coefficient (Wildman–Crippen LogP) is 2.78. The molecule has 0 saturated heterocycles. The molecule has 0 saturated carbocycles. The first kappa shape index (κ1) is 19.4. The molecule has 0 unspecified atom stereocenters. The normalized spacial score (nSPS) is 10.5. The first-order valence-corrected chi connectivity index (χ1v) is 7.92. The van der Waals surface area contributed by atoms with Crippen molar-refractivity contribution in [3.63, 3.8) is 0 Å². The van der Waals surface area contributed by atoms with Crippen molar-refractivity contribution in [2.75, 3.05) is 6.54 Å². The standard InChI is InChI=1S/C16H12Cl2N4O4/c17-12-4-2-1-3-11(12)16(24)19-9-15(23)21-20-8-10-5-6-13(18)14(7-10)22(25)26/h1-8H,9H2,(H,19,24)(H,21,23). The lowest BCUT2D eigenvalue weighted by atomic mass is 10.2. The minimum Gasteiger partial charge on any atom is -0.343 e. The molecular weight excluding hydrogens is 383 g/mol. The van der Waals surface area contributed by atoms with E-state index < -0.39 is 16.7 Å². The number of nitrogens with zero attached hydrogens (tertiary/aromatic N) is 2. The molecule has 0 aromatic heterocycles. The Bertz CT molecular complexity index is 886. The molecule has 2 amide bonds. The highest BCUT2D eigenvalue weighted by atomic mass is 35.5. The number of carbonyl (C=O) groups is 2. The van der Waals surface area contributed by atoms with Gasteiger partial charge in [-0.25, -0.2) is 5.43 Å². The first-order valence-electron chi connectivity index (χ1n) is 7.17. The van der Waals surface area contributed by atoms with Crippen LogP contribution in [-0.4, -0.2) is 29.5 Å². The number of amides is 2. The number of nitro benzene ring substituents is 1. The van der Waals surface area contributed by atoms with Crippen LogP contribution >= 0.6 is 23.2 Å². The zero-order valence-corrected chi connectivity index (χ0v) is 14.6. The largest absolute Gasteiger partial charge is 0.343 e. The van der Waals surface area contributed by atoms with Gasteiger partial charge in [0.2, 0.25) is 0 Å². The second kappa shape index (κ2) is 8.93. The third-order valence-electron chi connectivity index (χ3n) is 3.10. The van der Waals surface area contributed by atoms with Crippen LogP contribution in [0, 0.1) is 10.1 Å². The molecule has 0 bridgehead atoms. The summed E-state index contributed by atoms with van der Waals surface area (Å²) < 4.78 is 0. The summed E-state index contributed by atoms with van der Waals surface area (Å²) in [5, 5.41) is 17.1. The van der Waals surface area contributed by atoms with Gasteiger partial charge in [-0.15, -0.1) is 0 Å². The van der Waals surface area contributed by atoms with E-state index in [9.17, 15) is 19.7 Å². The van der Waals surface area contributed by atoms with Crippen LogP contribution < -0.4 is 10.7 Å². The van der Waals surface area contributed by atoms with Gasteiger partial charge in [0.1, 0.15) is 5.02 Å². The number of carbonyl (C=O) groups excluding carboxylic acids is 2. The van der Waals surface area contributed by atoms with Gasteiger partial charge in [-0.3, -0.25) is 19.7 Å². The minimum absolute atomic E-state index is 0.00142. The van der Waals surface area contributed by atoms with E-state index in [0.717, 1.165) is 0 Å². The summed E-state index contributed by atoms with van der Waals surface area (Å²) in [5.74, 6) is -1.08. The second-order valence-corrected chi connectivity index (χ2v) is 5.74. The predicted molar refractivity (Wildman–Crippen MR) is 97.6 cm³/mol. The highest BCUT2D eigenvalue weighted by Crippen LogP contribution is 2.24. The molecule has 2 rings (SSSR count). The molecule has 2 aromatic rings. The van der Waals surface area contributed by atoms with Crippen molar-refractivity contribution in [2.24, 2.45) is 5.10 Å². The van der Waals surface area contributed by atoms with Crippen molar-refractivity contribution < 1.29 is 14.5 Å². The molecule has 0 aliphatic heterocycles. The zero-order valence-electron chi connectivity index (χ0n) is 13.1. The number of hydrazone groups is 1. The van der Waals surface area contributed by atoms with Gasteiger partial charge in [-0.05, 0) is 18.2 Å². The van der Waals surface area contributed by atoms with Gasteiger partial charge < -0.3 is 5.32 Å². The molecule has 0 radical (unpaired) electrons. The Morgan fingerprint density at radius 2 is 1.88 bits per heavy atom. The lowest BCUT2D eigenvalue weighted by molar-refractivity contribution is -0.384. The maximum absolute atomic E-state index is 11.9. The van der Waals surface area contributed by atoms with Crippen LogP contribution in [0.25, 0.3) is 0 Å². The first-order chi connectivity index (χ1) is 12.4. The summed E-state index contributed by atoms with van der Waals surface area (Å²) in [5.41, 5.74) is 2.55. The summed E-state index contributed by atoms with van der Waals surface area (Å²) in [4.78, 5) is 33.8. The topological polar surface area (TPSA) is 114 Å². The van der Waals surface area contributed by atoms with E-state index >= 15 is 0 Å². The molecule has 134 valence electrons. The van der Waals surface area contributed by atoms with E-state index in [1.54, 1.807) is 18.2 Å². The maximum Gasteiger partial charge on any atom is 0.288 e. The Balaban J connectivity index is 1.88. The number of benzene rings is 2. The van der Waals surface area contributed by atoms with Crippen molar-refractivity contribution in [2.45, 2.75) is 0 Å². The Hall–Kier alpha value is -2.97. The van der Waals surface area contributed by atoms with Crippen LogP contribution in [0.3, 0.4) is 0 Å². The number of hydrogen-bond donors (Lipinski definition) is 2. The summed E-state index contributed by atoms with van der Waals surface area (Å²) in [7, 11) is 0. The molecule has 0 aliphatic carbocycles. The van der Waals surface area contributed by atoms with Crippen LogP contribution in [0.15, 0.2) is 47.6 Å². The zero-order chi connectivity index (χ0) is 19.1. The fourth-order valence-electron chi connectivity index (χ4n) is 1.87. The minimum atomic E-state index is -0.623. The smallest absolute Gasteiger partial charge is 0.288 e. The Kier molecular flexibility index (Phi) is 6.65. The molecule has 10 heteroatoms. The van der Waals surface area contributed by atoms with E-state index in [2.05, 4.69) is 15.8 Å². The van der Waals surface area contributed by atoms with Crippen LogP contribution in [0.1, 0.15) is 15.9 Å². The molecule has 0 atom stereocenters. The van der Waals surface area contributed by atoms with Crippen LogP contribution in [0.5, 0.6) is 0 Å². The summed E-state index contributed by atoms with van der Waals surface area (Å²) >= 11 is 11.6. The molecule has 2 aromatic carbocycles. The second-order valence-electron chi connectivity index (χ2n) is 4.92. The molecular formula is C16H12Cl2N4O4. The average molecular weight is 395 g/mol. The Morgan fingerprint density at radius 1 is 1.15 bits per heavy atom. The van der Waals surface area contributed by atoms with E-state index in [-0.39, 0.29) is 27.8 Å². The number of nitro groups is 1. The van der Waals surface area contributed by atoms with E-state index in [1.165, 1.54) is 30.5 Å². The van der Waals surface area contributed by atoms with Crippen LogP contribution in [-0.2, 0) is 4.79 Å². The SMILES string of the molecule is O=C(CNC(=O)c1ccccc1Cl)NN=Cc1ccc(Cl)c([N+](=O)[O-])c1. The Labute approximate surface area is 157 Å². The van der Waals surface area contributed by atoms with Gasteiger partial charge in [-0.1, -0.05) is 41.4 Å². The number of halogens is 2. The molecule has 0 spiro atoms. The quantitative estimate of drug-likeness (QED) is 0.445. The van der Waals surface area contributed by atoms with Crippen LogP contribution in [0.4, 0.5) is 5.69 Å². The maximum atomic E-state index is 11.9. The van der Waals surface area contributed by atoms with Crippen molar-refractivity contribution in [1.29, 1.82) is 0 Å². The molecule has 0 fully saturated rings. The lowest BCUT2D eigenvalue weighted by Crippen LogP contribution is -2.35. The molecule has 0 heterocycles. The summed E-state index contributed by atoms with van der Waals surface area (Å²) in [6.07, 6.45) is 1.22. The highest BCUT2D eigenvalue weighted by molar-refractivity contribution is 6.34. The molecule has 2 N–H and O–H groups in total. The number of rotatable bonds is 6. The highest BCUT2D eigenvalue weighted by Gasteiger charge is 2.12. The average Bonchev–Trinajstić information content (AvgIpc) is 2.61. The molecule has 26 heavy (non-hydrogen) atoms. The fraction of sp³-hybridized carbons (Fsp3) is 0.0625. The van der Waals surface area contributed by atoms with Crippen molar-refractivity contribution in [1.82, 2.24) is 10.7 Å². The number of nitrogens with one attached hydrogen (secondary N) is 2. The fourth-order valence-corrected chi connectivity index (χ4v) is 2.28. The van der Waals surface area contributed by atoms with Gasteiger partial charge >= 0.3 is 0 Å². The number of hydrogen-bond acceptors (Lipinski definition) is 5. The van der Waals surface area contributed by atoms with E-state index in [0.29, 0.717) is 5.56 Å². The van der Waals surface area contributed by atoms with Gasteiger partial charge in [0.15, 0.2) is 0 Å². The van der Waals surface area contributed by atoms with E-state index in [4.69, 9.17) is 23.2 Å². The van der Waals surface area contributed by atoms with Crippen LogP contribution in [0.2, 0.25) is 10.0 Å². The van der Waals surface area contributed by atoms with Gasteiger partial charge in [-0.2, -0.15) is 5.10 Å². The van der Waals surface area contributed by atoms with E-state index in [1.807, 2.05) is 0 Å². The molecule has 0 aliphatic rings. The van der Waals surface area contributed by atoms with Crippen molar-refractivity contribution in [3.8, 4) is 0 Å². The Morgan fingerprint density at radius 3 is 2.58 bits per heavy atom. The van der Waals surface area contributed by atoms with Gasteiger partial charge in [0, 0.05) is 11.6 Å². The lowest BCUT2D eigenvalue weighted by Gasteiger charge is -2.05. The summed E-state index contributed by atoms with van der Waals surface area (Å²) in [6.45, 7) is -0.317. The van der Waals surface area contributed by atoms with Gasteiger partial charge in [0.25, 0.3) is 17.5 Å². The monoisotopic (exact) mass is 394 g/mol.